The van der Waals surface area contributed by atoms with Crippen LogP contribution in [0.25, 0.3) is 0 Å². The SMILES string of the molecule is CN1CCN(S(=O)(=O)c2cccc(C(=O)NC(=S)Nc3cccc(S(=O)(=O)NC4=NCCC4)c3)c2)CC1. The zero-order chi connectivity index (χ0) is 26.6. The molecule has 3 N–H and O–H groups in total. The van der Waals surface area contributed by atoms with Crippen molar-refractivity contribution in [3.8, 4) is 0 Å². The van der Waals surface area contributed by atoms with E-state index in [0.29, 0.717) is 50.7 Å². The third-order valence-corrected chi connectivity index (χ3v) is 9.43. The lowest BCUT2D eigenvalue weighted by atomic mass is 10.2. The zero-order valence-electron chi connectivity index (χ0n) is 20.2. The van der Waals surface area contributed by atoms with E-state index in [1.807, 2.05) is 7.05 Å². The predicted octanol–water partition coefficient (Wildman–Crippen LogP) is 1.22. The fourth-order valence-corrected chi connectivity index (χ4v) is 6.70. The molecular formula is C23H28N6O5S3. The lowest BCUT2D eigenvalue weighted by Gasteiger charge is -2.31. The summed E-state index contributed by atoms with van der Waals surface area (Å²) in [5.74, 6) is -0.171. The van der Waals surface area contributed by atoms with Gasteiger partial charge in [-0.05, 0) is 62.1 Å². The summed E-state index contributed by atoms with van der Waals surface area (Å²) in [6, 6.07) is 11.7. The number of amides is 1. The number of amidine groups is 1. The Balaban J connectivity index is 1.41. The Morgan fingerprint density at radius 2 is 1.68 bits per heavy atom. The largest absolute Gasteiger partial charge is 0.332 e. The van der Waals surface area contributed by atoms with Crippen LogP contribution in [0.15, 0.2) is 63.3 Å². The Morgan fingerprint density at radius 1 is 0.973 bits per heavy atom. The minimum atomic E-state index is -3.81. The number of rotatable bonds is 6. The molecule has 37 heavy (non-hydrogen) atoms. The third kappa shape index (κ3) is 6.70. The third-order valence-electron chi connectivity index (χ3n) is 5.95. The normalized spacial score (nSPS) is 17.2. The number of carbonyl (C=O) groups is 1. The maximum absolute atomic E-state index is 13.0. The van der Waals surface area contributed by atoms with Gasteiger partial charge in [0.1, 0.15) is 5.84 Å². The fourth-order valence-electron chi connectivity index (χ4n) is 3.89. The Bertz CT molecular complexity index is 1430. The Kier molecular flexibility index (Phi) is 8.23. The topological polar surface area (TPSA) is 140 Å². The second-order valence-electron chi connectivity index (χ2n) is 8.71. The van der Waals surface area contributed by atoms with Gasteiger partial charge in [0, 0.05) is 50.4 Å². The first kappa shape index (κ1) is 27.1. The number of nitrogens with zero attached hydrogens (tertiary/aromatic N) is 3. The van der Waals surface area contributed by atoms with Crippen LogP contribution < -0.4 is 15.4 Å². The number of sulfonamides is 2. The van der Waals surface area contributed by atoms with Crippen molar-refractivity contribution in [3.63, 3.8) is 0 Å². The molecule has 2 heterocycles. The quantitative estimate of drug-likeness (QED) is 0.445. The van der Waals surface area contributed by atoms with Crippen LogP contribution in [0.5, 0.6) is 0 Å². The molecule has 2 aromatic rings. The second kappa shape index (κ2) is 11.2. The van der Waals surface area contributed by atoms with Crippen LogP contribution in [-0.2, 0) is 20.0 Å². The van der Waals surface area contributed by atoms with E-state index in [2.05, 4.69) is 25.2 Å². The number of benzene rings is 2. The highest BCUT2D eigenvalue weighted by atomic mass is 32.2. The number of nitrogens with one attached hydrogen (secondary N) is 3. The van der Waals surface area contributed by atoms with Crippen molar-refractivity contribution in [3.05, 3.63) is 54.1 Å². The second-order valence-corrected chi connectivity index (χ2v) is 12.7. The van der Waals surface area contributed by atoms with Gasteiger partial charge < -0.3 is 10.2 Å². The maximum atomic E-state index is 13.0. The molecule has 0 spiro atoms. The summed E-state index contributed by atoms with van der Waals surface area (Å²) in [5.41, 5.74) is 0.477. The Morgan fingerprint density at radius 3 is 2.38 bits per heavy atom. The number of hydrogen-bond acceptors (Lipinski definition) is 8. The highest BCUT2D eigenvalue weighted by molar-refractivity contribution is 7.90. The summed E-state index contributed by atoms with van der Waals surface area (Å²) in [6.07, 6.45) is 1.38. The standard InChI is InChI=1S/C23H28N6O5S3/c1-28-11-13-29(14-12-28)37(33,34)20-8-2-5-17(15-20)22(30)26-23(35)25-18-6-3-7-19(16-18)36(31,32)27-21-9-4-10-24-21/h2-3,5-8,15-16H,4,9-14H2,1H3,(H,24,27)(H2,25,26,30,35). The van der Waals surface area contributed by atoms with E-state index in [-0.39, 0.29) is 20.5 Å². The van der Waals surface area contributed by atoms with Crippen LogP contribution in [0.2, 0.25) is 0 Å². The average Bonchev–Trinajstić information content (AvgIpc) is 3.37. The average molecular weight is 565 g/mol. The number of aliphatic imine (C=N–C) groups is 1. The minimum absolute atomic E-state index is 0.0167. The van der Waals surface area contributed by atoms with Gasteiger partial charge in [0.05, 0.1) is 9.79 Å². The predicted molar refractivity (Wildman–Crippen MR) is 145 cm³/mol. The van der Waals surface area contributed by atoms with Gasteiger partial charge in [-0.15, -0.1) is 0 Å². The number of carbonyl (C=O) groups excluding carboxylic acids is 1. The van der Waals surface area contributed by atoms with Gasteiger partial charge in [0.15, 0.2) is 5.11 Å². The monoisotopic (exact) mass is 564 g/mol. The number of likely N-dealkylation sites (N-methyl/N-ethyl adjacent to an activating group) is 1. The molecule has 0 atom stereocenters. The van der Waals surface area contributed by atoms with E-state index >= 15 is 0 Å². The summed E-state index contributed by atoms with van der Waals surface area (Å²) in [6.45, 7) is 2.61. The minimum Gasteiger partial charge on any atom is -0.332 e. The fraction of sp³-hybridized carbons (Fsp3) is 0.348. The molecule has 2 aliphatic rings. The Labute approximate surface area is 222 Å². The van der Waals surface area contributed by atoms with E-state index in [4.69, 9.17) is 12.2 Å². The summed E-state index contributed by atoms with van der Waals surface area (Å²) in [5, 5.41) is 5.23. The first-order valence-corrected chi connectivity index (χ1v) is 14.9. The van der Waals surface area contributed by atoms with Crippen LogP contribution in [0.4, 0.5) is 5.69 Å². The van der Waals surface area contributed by atoms with Gasteiger partial charge in [-0.25, -0.2) is 16.8 Å². The molecule has 0 aromatic heterocycles. The number of piperazine rings is 1. The molecule has 14 heteroatoms. The molecule has 0 bridgehead atoms. The molecule has 1 saturated heterocycles. The lowest BCUT2D eigenvalue weighted by Crippen LogP contribution is -2.47. The van der Waals surface area contributed by atoms with Gasteiger partial charge in [-0.1, -0.05) is 12.1 Å². The smallest absolute Gasteiger partial charge is 0.262 e. The van der Waals surface area contributed by atoms with Crippen molar-refractivity contribution in [2.45, 2.75) is 22.6 Å². The molecule has 4 rings (SSSR count). The van der Waals surface area contributed by atoms with Gasteiger partial charge >= 0.3 is 0 Å². The van der Waals surface area contributed by atoms with Crippen molar-refractivity contribution < 1.29 is 21.6 Å². The van der Waals surface area contributed by atoms with Crippen molar-refractivity contribution in [2.75, 3.05) is 45.1 Å². The van der Waals surface area contributed by atoms with Crippen molar-refractivity contribution in [1.82, 2.24) is 19.2 Å². The molecule has 2 aromatic carbocycles. The molecule has 0 saturated carbocycles. The molecule has 1 fully saturated rings. The maximum Gasteiger partial charge on any atom is 0.262 e. The van der Waals surface area contributed by atoms with E-state index < -0.39 is 26.0 Å². The molecule has 0 radical (unpaired) electrons. The highest BCUT2D eigenvalue weighted by Crippen LogP contribution is 2.19. The molecule has 11 nitrogen and oxygen atoms in total. The summed E-state index contributed by atoms with van der Waals surface area (Å²) >= 11 is 5.23. The van der Waals surface area contributed by atoms with Crippen LogP contribution in [0, 0.1) is 0 Å². The first-order chi connectivity index (χ1) is 17.5. The van der Waals surface area contributed by atoms with Crippen molar-refractivity contribution in [1.29, 1.82) is 0 Å². The van der Waals surface area contributed by atoms with Crippen LogP contribution in [0.3, 0.4) is 0 Å². The number of hydrogen-bond donors (Lipinski definition) is 3. The van der Waals surface area contributed by atoms with Crippen molar-refractivity contribution >= 4 is 54.8 Å². The summed E-state index contributed by atoms with van der Waals surface area (Å²) in [7, 11) is -5.62. The molecule has 198 valence electrons. The molecule has 0 aliphatic carbocycles. The highest BCUT2D eigenvalue weighted by Gasteiger charge is 2.28. The van der Waals surface area contributed by atoms with Crippen LogP contribution >= 0.6 is 12.2 Å². The number of anilines is 1. The van der Waals surface area contributed by atoms with Gasteiger partial charge in [-0.2, -0.15) is 4.31 Å². The molecule has 0 unspecified atom stereocenters. The van der Waals surface area contributed by atoms with E-state index in [1.54, 1.807) is 12.1 Å². The van der Waals surface area contributed by atoms with E-state index in [0.717, 1.165) is 6.42 Å². The van der Waals surface area contributed by atoms with Crippen molar-refractivity contribution in [2.24, 2.45) is 4.99 Å². The van der Waals surface area contributed by atoms with Gasteiger partial charge in [-0.3, -0.25) is 19.8 Å². The number of thiocarbonyl (C=S) groups is 1. The summed E-state index contributed by atoms with van der Waals surface area (Å²) < 4.78 is 55.3. The first-order valence-electron chi connectivity index (χ1n) is 11.6. The van der Waals surface area contributed by atoms with Crippen LogP contribution in [0.1, 0.15) is 23.2 Å². The van der Waals surface area contributed by atoms with Crippen LogP contribution in [-0.4, -0.2) is 82.7 Å². The van der Waals surface area contributed by atoms with E-state index in [1.165, 1.54) is 40.7 Å². The zero-order valence-corrected chi connectivity index (χ0v) is 22.6. The van der Waals surface area contributed by atoms with Gasteiger partial charge in [0.25, 0.3) is 15.9 Å². The van der Waals surface area contributed by atoms with E-state index in [9.17, 15) is 21.6 Å². The molecule has 2 aliphatic heterocycles. The lowest BCUT2D eigenvalue weighted by molar-refractivity contribution is 0.0977. The molecule has 1 amide bonds. The molecular weight excluding hydrogens is 536 g/mol. The summed E-state index contributed by atoms with van der Waals surface area (Å²) in [4.78, 5) is 19.0. The Hall–Kier alpha value is -2.91. The van der Waals surface area contributed by atoms with Gasteiger partial charge in [0.2, 0.25) is 10.0 Å².